The van der Waals surface area contributed by atoms with E-state index >= 15 is 0 Å². The molecule has 112 valence electrons. The smallest absolute Gasteiger partial charge is 0.0544 e. The van der Waals surface area contributed by atoms with Gasteiger partial charge in [0.1, 0.15) is 0 Å². The van der Waals surface area contributed by atoms with Gasteiger partial charge in [0.15, 0.2) is 0 Å². The third-order valence-corrected chi connectivity index (χ3v) is 3.60. The summed E-state index contributed by atoms with van der Waals surface area (Å²) in [6.45, 7) is 7.98. The monoisotopic (exact) mass is 283 g/mol. The lowest BCUT2D eigenvalue weighted by molar-refractivity contribution is 0.314. The molecule has 21 heavy (non-hydrogen) atoms. The molecule has 3 heteroatoms. The Labute approximate surface area is 128 Å². The molecule has 2 rings (SSSR count). The fourth-order valence-corrected chi connectivity index (χ4v) is 2.33. The van der Waals surface area contributed by atoms with Crippen molar-refractivity contribution < 1.29 is 0 Å². The van der Waals surface area contributed by atoms with Crippen LogP contribution in [0.3, 0.4) is 0 Å². The molecule has 1 heterocycles. The van der Waals surface area contributed by atoms with Gasteiger partial charge in [0.2, 0.25) is 0 Å². The number of benzene rings is 1. The van der Waals surface area contributed by atoms with Crippen LogP contribution in [-0.4, -0.2) is 23.5 Å². The first-order chi connectivity index (χ1) is 10.2. The van der Waals surface area contributed by atoms with Crippen molar-refractivity contribution in [1.82, 2.24) is 15.2 Å². The zero-order valence-corrected chi connectivity index (χ0v) is 13.3. The number of pyridine rings is 1. The van der Waals surface area contributed by atoms with E-state index in [1.54, 1.807) is 0 Å². The fraction of sp³-hybridized carbons (Fsp3) is 0.389. The number of aromatic nitrogens is 1. The predicted octanol–water partition coefficient (Wildman–Crippen LogP) is 3.13. The SMILES string of the molecule is CCNCc1ccc(CN(C)Cc2ccccc2C)nc1. The van der Waals surface area contributed by atoms with Gasteiger partial charge in [-0.15, -0.1) is 0 Å². The molecule has 1 aromatic carbocycles. The third kappa shape index (κ3) is 4.96. The van der Waals surface area contributed by atoms with Crippen LogP contribution in [0.4, 0.5) is 0 Å². The molecule has 1 aromatic heterocycles. The van der Waals surface area contributed by atoms with Crippen molar-refractivity contribution >= 4 is 0 Å². The van der Waals surface area contributed by atoms with Crippen molar-refractivity contribution in [2.75, 3.05) is 13.6 Å². The number of nitrogens with zero attached hydrogens (tertiary/aromatic N) is 2. The Balaban J connectivity index is 1.90. The minimum Gasteiger partial charge on any atom is -0.313 e. The second-order valence-electron chi connectivity index (χ2n) is 5.54. The summed E-state index contributed by atoms with van der Waals surface area (Å²) in [5.74, 6) is 0. The molecule has 0 saturated carbocycles. The molecule has 0 spiro atoms. The summed E-state index contributed by atoms with van der Waals surface area (Å²) in [5.41, 5.74) is 5.08. The highest BCUT2D eigenvalue weighted by Gasteiger charge is 2.05. The molecule has 2 aromatic rings. The van der Waals surface area contributed by atoms with E-state index in [1.807, 2.05) is 6.20 Å². The first-order valence-electron chi connectivity index (χ1n) is 7.56. The molecule has 0 atom stereocenters. The molecule has 0 fully saturated rings. The van der Waals surface area contributed by atoms with E-state index in [0.717, 1.165) is 31.9 Å². The summed E-state index contributed by atoms with van der Waals surface area (Å²) in [6.07, 6.45) is 1.97. The minimum absolute atomic E-state index is 0.871. The van der Waals surface area contributed by atoms with Gasteiger partial charge >= 0.3 is 0 Å². The highest BCUT2D eigenvalue weighted by molar-refractivity contribution is 5.25. The van der Waals surface area contributed by atoms with Crippen LogP contribution in [0.15, 0.2) is 42.6 Å². The van der Waals surface area contributed by atoms with Gasteiger partial charge in [-0.3, -0.25) is 9.88 Å². The van der Waals surface area contributed by atoms with Crippen LogP contribution < -0.4 is 5.32 Å². The Bertz CT molecular complexity index is 549. The van der Waals surface area contributed by atoms with Gasteiger partial charge in [-0.05, 0) is 43.3 Å². The normalized spacial score (nSPS) is 11.0. The van der Waals surface area contributed by atoms with E-state index in [1.165, 1.54) is 16.7 Å². The molecule has 0 aliphatic rings. The topological polar surface area (TPSA) is 28.2 Å². The molecule has 0 aliphatic carbocycles. The van der Waals surface area contributed by atoms with E-state index in [2.05, 4.69) is 72.5 Å². The van der Waals surface area contributed by atoms with Crippen LogP contribution in [0.5, 0.6) is 0 Å². The lowest BCUT2D eigenvalue weighted by Gasteiger charge is -2.17. The number of aryl methyl sites for hydroxylation is 1. The maximum absolute atomic E-state index is 4.55. The quantitative estimate of drug-likeness (QED) is 0.846. The van der Waals surface area contributed by atoms with Gasteiger partial charge < -0.3 is 5.32 Å². The standard InChI is InChI=1S/C18H25N3/c1-4-19-11-16-9-10-18(20-12-16)14-21(3)13-17-8-6-5-7-15(17)2/h5-10,12,19H,4,11,13-14H2,1-3H3. The lowest BCUT2D eigenvalue weighted by atomic mass is 10.1. The van der Waals surface area contributed by atoms with Crippen molar-refractivity contribution in [2.24, 2.45) is 0 Å². The molecular weight excluding hydrogens is 258 g/mol. The summed E-state index contributed by atoms with van der Waals surface area (Å²) >= 11 is 0. The first-order valence-corrected chi connectivity index (χ1v) is 7.56. The van der Waals surface area contributed by atoms with Gasteiger partial charge in [0.25, 0.3) is 0 Å². The van der Waals surface area contributed by atoms with Crippen molar-refractivity contribution in [3.8, 4) is 0 Å². The number of nitrogens with one attached hydrogen (secondary N) is 1. The van der Waals surface area contributed by atoms with E-state index in [9.17, 15) is 0 Å². The molecule has 0 amide bonds. The Morgan fingerprint density at radius 2 is 1.90 bits per heavy atom. The van der Waals surface area contributed by atoms with Crippen LogP contribution in [0.2, 0.25) is 0 Å². The highest BCUT2D eigenvalue weighted by atomic mass is 15.1. The Kier molecular flexibility index (Phi) is 5.90. The van der Waals surface area contributed by atoms with E-state index in [-0.39, 0.29) is 0 Å². The van der Waals surface area contributed by atoms with Crippen LogP contribution in [0.25, 0.3) is 0 Å². The average Bonchev–Trinajstić information content (AvgIpc) is 2.49. The summed E-state index contributed by atoms with van der Waals surface area (Å²) in [7, 11) is 2.14. The van der Waals surface area contributed by atoms with Crippen molar-refractivity contribution in [2.45, 2.75) is 33.5 Å². The Morgan fingerprint density at radius 1 is 1.10 bits per heavy atom. The maximum atomic E-state index is 4.55. The fourth-order valence-electron chi connectivity index (χ4n) is 2.33. The first kappa shape index (κ1) is 15.7. The molecule has 0 saturated heterocycles. The second-order valence-corrected chi connectivity index (χ2v) is 5.54. The maximum Gasteiger partial charge on any atom is 0.0544 e. The van der Waals surface area contributed by atoms with E-state index < -0.39 is 0 Å². The van der Waals surface area contributed by atoms with Gasteiger partial charge in [-0.25, -0.2) is 0 Å². The number of hydrogen-bond donors (Lipinski definition) is 1. The summed E-state index contributed by atoms with van der Waals surface area (Å²) < 4.78 is 0. The van der Waals surface area contributed by atoms with Crippen LogP contribution >= 0.6 is 0 Å². The van der Waals surface area contributed by atoms with Gasteiger partial charge in [0.05, 0.1) is 5.69 Å². The summed E-state index contributed by atoms with van der Waals surface area (Å²) in [6, 6.07) is 12.8. The molecule has 0 unspecified atom stereocenters. The van der Waals surface area contributed by atoms with Crippen LogP contribution in [0, 0.1) is 6.92 Å². The number of hydrogen-bond acceptors (Lipinski definition) is 3. The molecule has 0 radical (unpaired) electrons. The average molecular weight is 283 g/mol. The van der Waals surface area contributed by atoms with Crippen molar-refractivity contribution in [3.63, 3.8) is 0 Å². The highest BCUT2D eigenvalue weighted by Crippen LogP contribution is 2.11. The summed E-state index contributed by atoms with van der Waals surface area (Å²) in [4.78, 5) is 6.85. The van der Waals surface area contributed by atoms with Crippen LogP contribution in [0.1, 0.15) is 29.3 Å². The number of rotatable bonds is 7. The molecule has 0 aliphatic heterocycles. The largest absolute Gasteiger partial charge is 0.313 e. The Hall–Kier alpha value is -1.71. The summed E-state index contributed by atoms with van der Waals surface area (Å²) in [5, 5.41) is 3.31. The van der Waals surface area contributed by atoms with Crippen LogP contribution in [-0.2, 0) is 19.6 Å². The molecular formula is C18H25N3. The van der Waals surface area contributed by atoms with E-state index in [4.69, 9.17) is 0 Å². The lowest BCUT2D eigenvalue weighted by Crippen LogP contribution is -2.18. The Morgan fingerprint density at radius 3 is 2.57 bits per heavy atom. The molecule has 3 nitrogen and oxygen atoms in total. The minimum atomic E-state index is 0.871. The van der Waals surface area contributed by atoms with Gasteiger partial charge in [-0.1, -0.05) is 37.3 Å². The van der Waals surface area contributed by atoms with Gasteiger partial charge in [0, 0.05) is 25.8 Å². The van der Waals surface area contributed by atoms with Crippen molar-refractivity contribution in [1.29, 1.82) is 0 Å². The van der Waals surface area contributed by atoms with Crippen molar-refractivity contribution in [3.05, 3.63) is 65.0 Å². The predicted molar refractivity (Wildman–Crippen MR) is 88.0 cm³/mol. The van der Waals surface area contributed by atoms with E-state index in [0.29, 0.717) is 0 Å². The van der Waals surface area contributed by atoms with Gasteiger partial charge in [-0.2, -0.15) is 0 Å². The zero-order chi connectivity index (χ0) is 15.1. The second kappa shape index (κ2) is 7.91. The molecule has 0 bridgehead atoms. The third-order valence-electron chi connectivity index (χ3n) is 3.60. The zero-order valence-electron chi connectivity index (χ0n) is 13.3. The molecule has 1 N–H and O–H groups in total.